The van der Waals surface area contributed by atoms with Crippen molar-refractivity contribution < 1.29 is 9.47 Å². The van der Waals surface area contributed by atoms with Gasteiger partial charge in [0.25, 0.3) is 0 Å². The molecule has 0 aliphatic rings. The molecule has 1 unspecified atom stereocenters. The molecule has 1 rings (SSSR count). The Balaban J connectivity index is 2.58. The molecule has 1 atom stereocenters. The summed E-state index contributed by atoms with van der Waals surface area (Å²) in [7, 11) is 1.66. The zero-order chi connectivity index (χ0) is 14.1. The molecule has 3 nitrogen and oxygen atoms in total. The molecular weight excluding hydrogens is 285 g/mol. The normalized spacial score (nSPS) is 12.6. The van der Waals surface area contributed by atoms with E-state index in [1.54, 1.807) is 13.2 Å². The molecule has 0 bridgehead atoms. The molecule has 0 aliphatic carbocycles. The zero-order valence-electron chi connectivity index (χ0n) is 11.4. The Morgan fingerprint density at radius 3 is 2.68 bits per heavy atom. The first kappa shape index (κ1) is 16.7. The van der Waals surface area contributed by atoms with E-state index >= 15 is 0 Å². The predicted octanol–water partition coefficient (Wildman–Crippen LogP) is 3.70. The maximum absolute atomic E-state index is 6.23. The average molecular weight is 306 g/mol. The molecule has 0 radical (unpaired) electrons. The van der Waals surface area contributed by atoms with E-state index in [1.165, 1.54) is 0 Å². The van der Waals surface area contributed by atoms with Crippen LogP contribution in [0.1, 0.15) is 24.9 Å². The standard InChI is InChI=1S/C14H21Cl2NO2/c1-3-17-14(6-7-19-9-8-18-2)12-10-11(15)4-5-13(12)16/h4-5,10,14,17H,3,6-9H2,1-2H3. The Morgan fingerprint density at radius 2 is 2.00 bits per heavy atom. The lowest BCUT2D eigenvalue weighted by molar-refractivity contribution is 0.0658. The van der Waals surface area contributed by atoms with Crippen LogP contribution in [-0.2, 0) is 9.47 Å². The third kappa shape index (κ3) is 6.11. The lowest BCUT2D eigenvalue weighted by Crippen LogP contribution is -2.23. The number of nitrogens with one attached hydrogen (secondary N) is 1. The molecule has 0 amide bonds. The minimum Gasteiger partial charge on any atom is -0.382 e. The SMILES string of the molecule is CCNC(CCOCCOC)c1cc(Cl)ccc1Cl. The Kier molecular flexibility index (Phi) is 8.42. The summed E-state index contributed by atoms with van der Waals surface area (Å²) in [5, 5.41) is 4.83. The van der Waals surface area contributed by atoms with Gasteiger partial charge in [-0.25, -0.2) is 0 Å². The van der Waals surface area contributed by atoms with Crippen LogP contribution in [0.5, 0.6) is 0 Å². The predicted molar refractivity (Wildman–Crippen MR) is 80.2 cm³/mol. The minimum absolute atomic E-state index is 0.152. The van der Waals surface area contributed by atoms with Crippen LogP contribution in [-0.4, -0.2) is 33.5 Å². The van der Waals surface area contributed by atoms with Gasteiger partial charge >= 0.3 is 0 Å². The quantitative estimate of drug-likeness (QED) is 0.706. The Bertz CT molecular complexity index is 374. The second-order valence-electron chi connectivity index (χ2n) is 4.17. The summed E-state index contributed by atoms with van der Waals surface area (Å²) in [5.74, 6) is 0. The van der Waals surface area contributed by atoms with E-state index in [4.69, 9.17) is 32.7 Å². The second-order valence-corrected chi connectivity index (χ2v) is 5.01. The topological polar surface area (TPSA) is 30.5 Å². The van der Waals surface area contributed by atoms with Gasteiger partial charge in [0.1, 0.15) is 0 Å². The number of hydrogen-bond donors (Lipinski definition) is 1. The first-order valence-corrected chi connectivity index (χ1v) is 7.19. The second kappa shape index (κ2) is 9.56. The lowest BCUT2D eigenvalue weighted by atomic mass is 10.0. The summed E-state index contributed by atoms with van der Waals surface area (Å²) in [4.78, 5) is 0. The molecular formula is C14H21Cl2NO2. The molecule has 0 heterocycles. The summed E-state index contributed by atoms with van der Waals surface area (Å²) in [5.41, 5.74) is 1.02. The fourth-order valence-electron chi connectivity index (χ4n) is 1.84. The molecule has 0 saturated heterocycles. The largest absolute Gasteiger partial charge is 0.382 e. The first-order valence-electron chi connectivity index (χ1n) is 6.44. The van der Waals surface area contributed by atoms with Gasteiger partial charge in [-0.15, -0.1) is 0 Å². The molecule has 19 heavy (non-hydrogen) atoms. The van der Waals surface area contributed by atoms with E-state index in [2.05, 4.69) is 12.2 Å². The van der Waals surface area contributed by atoms with Crippen LogP contribution in [0.15, 0.2) is 18.2 Å². The molecule has 108 valence electrons. The van der Waals surface area contributed by atoms with Crippen LogP contribution in [0.4, 0.5) is 0 Å². The molecule has 0 fully saturated rings. The highest BCUT2D eigenvalue weighted by molar-refractivity contribution is 6.33. The maximum atomic E-state index is 6.23. The van der Waals surface area contributed by atoms with Crippen molar-refractivity contribution in [2.24, 2.45) is 0 Å². The van der Waals surface area contributed by atoms with Crippen LogP contribution < -0.4 is 5.32 Å². The molecule has 5 heteroatoms. The summed E-state index contributed by atoms with van der Waals surface area (Å²) in [6, 6.07) is 5.69. The van der Waals surface area contributed by atoms with Crippen molar-refractivity contribution >= 4 is 23.2 Å². The van der Waals surface area contributed by atoms with E-state index in [-0.39, 0.29) is 6.04 Å². The molecule has 0 saturated carbocycles. The van der Waals surface area contributed by atoms with Crippen LogP contribution in [0, 0.1) is 0 Å². The summed E-state index contributed by atoms with van der Waals surface area (Å²) in [6.07, 6.45) is 0.845. The van der Waals surface area contributed by atoms with Crippen LogP contribution in [0.25, 0.3) is 0 Å². The first-order chi connectivity index (χ1) is 9.19. The van der Waals surface area contributed by atoms with E-state index in [0.29, 0.717) is 24.8 Å². The van der Waals surface area contributed by atoms with Gasteiger partial charge in [-0.2, -0.15) is 0 Å². The zero-order valence-corrected chi connectivity index (χ0v) is 12.9. The van der Waals surface area contributed by atoms with Gasteiger partial charge in [0.2, 0.25) is 0 Å². The minimum atomic E-state index is 0.152. The number of benzene rings is 1. The van der Waals surface area contributed by atoms with Gasteiger partial charge in [0, 0.05) is 29.8 Å². The smallest absolute Gasteiger partial charge is 0.0700 e. The van der Waals surface area contributed by atoms with Crippen LogP contribution in [0.2, 0.25) is 10.0 Å². The van der Waals surface area contributed by atoms with E-state index in [9.17, 15) is 0 Å². The maximum Gasteiger partial charge on any atom is 0.0700 e. The van der Waals surface area contributed by atoms with Crippen molar-refractivity contribution in [3.8, 4) is 0 Å². The molecule has 1 aromatic rings. The van der Waals surface area contributed by atoms with Crippen molar-refractivity contribution in [2.75, 3.05) is 33.5 Å². The van der Waals surface area contributed by atoms with Gasteiger partial charge < -0.3 is 14.8 Å². The number of methoxy groups -OCH3 is 1. The third-order valence-electron chi connectivity index (χ3n) is 2.77. The number of halogens is 2. The van der Waals surface area contributed by atoms with Crippen LogP contribution in [0.3, 0.4) is 0 Å². The van der Waals surface area contributed by atoms with Gasteiger partial charge in [0.15, 0.2) is 0 Å². The van der Waals surface area contributed by atoms with E-state index < -0.39 is 0 Å². The summed E-state index contributed by atoms with van der Waals surface area (Å²) >= 11 is 12.3. The number of rotatable bonds is 9. The Labute approximate surface area is 125 Å². The summed E-state index contributed by atoms with van der Waals surface area (Å²) < 4.78 is 10.4. The van der Waals surface area contributed by atoms with Gasteiger partial charge in [0.05, 0.1) is 13.2 Å². The fourth-order valence-corrected chi connectivity index (χ4v) is 2.27. The molecule has 1 aromatic carbocycles. The van der Waals surface area contributed by atoms with Crippen LogP contribution >= 0.6 is 23.2 Å². The Hall–Kier alpha value is -0.320. The van der Waals surface area contributed by atoms with Gasteiger partial charge in [-0.3, -0.25) is 0 Å². The number of ether oxygens (including phenoxy) is 2. The highest BCUT2D eigenvalue weighted by Crippen LogP contribution is 2.28. The van der Waals surface area contributed by atoms with Gasteiger partial charge in [-0.1, -0.05) is 30.1 Å². The average Bonchev–Trinajstić information content (AvgIpc) is 2.40. The van der Waals surface area contributed by atoms with Gasteiger partial charge in [-0.05, 0) is 36.7 Å². The van der Waals surface area contributed by atoms with E-state index in [0.717, 1.165) is 23.6 Å². The molecule has 0 aromatic heterocycles. The highest BCUT2D eigenvalue weighted by atomic mass is 35.5. The molecule has 0 spiro atoms. The summed E-state index contributed by atoms with van der Waals surface area (Å²) in [6.45, 7) is 4.81. The fraction of sp³-hybridized carbons (Fsp3) is 0.571. The van der Waals surface area contributed by atoms with Crippen molar-refractivity contribution in [3.05, 3.63) is 33.8 Å². The van der Waals surface area contributed by atoms with E-state index in [1.807, 2.05) is 12.1 Å². The lowest BCUT2D eigenvalue weighted by Gasteiger charge is -2.20. The van der Waals surface area contributed by atoms with Crippen molar-refractivity contribution in [2.45, 2.75) is 19.4 Å². The third-order valence-corrected chi connectivity index (χ3v) is 3.35. The Morgan fingerprint density at radius 1 is 1.21 bits per heavy atom. The number of hydrogen-bond acceptors (Lipinski definition) is 3. The molecule has 0 aliphatic heterocycles. The van der Waals surface area contributed by atoms with Crippen molar-refractivity contribution in [1.29, 1.82) is 0 Å². The highest BCUT2D eigenvalue weighted by Gasteiger charge is 2.14. The van der Waals surface area contributed by atoms with Crippen molar-refractivity contribution in [3.63, 3.8) is 0 Å². The van der Waals surface area contributed by atoms with Crippen molar-refractivity contribution in [1.82, 2.24) is 5.32 Å². The molecule has 1 N–H and O–H groups in total. The monoisotopic (exact) mass is 305 g/mol.